The van der Waals surface area contributed by atoms with E-state index in [1.54, 1.807) is 24.3 Å². The minimum Gasteiger partial charge on any atom is -0.377 e. The van der Waals surface area contributed by atoms with Gasteiger partial charge in [-0.1, -0.05) is 23.7 Å². The lowest BCUT2D eigenvalue weighted by Gasteiger charge is -2.26. The van der Waals surface area contributed by atoms with Crippen molar-refractivity contribution in [2.75, 3.05) is 19.8 Å². The molecule has 0 spiro atoms. The van der Waals surface area contributed by atoms with Gasteiger partial charge in [0, 0.05) is 0 Å². The lowest BCUT2D eigenvalue weighted by molar-refractivity contribution is -0.124. The van der Waals surface area contributed by atoms with Gasteiger partial charge in [-0.3, -0.25) is 9.59 Å². The second-order valence-electron chi connectivity index (χ2n) is 3.96. The summed E-state index contributed by atoms with van der Waals surface area (Å²) in [4.78, 5) is 23.2. The van der Waals surface area contributed by atoms with E-state index in [9.17, 15) is 9.59 Å². The first kappa shape index (κ1) is 12.9. The molecule has 96 valence electrons. The van der Waals surface area contributed by atoms with Gasteiger partial charge in [0.2, 0.25) is 5.91 Å². The highest BCUT2D eigenvalue weighted by Crippen LogP contribution is 2.14. The summed E-state index contributed by atoms with van der Waals surface area (Å²) in [6.07, 6.45) is 0. The van der Waals surface area contributed by atoms with E-state index in [1.165, 1.54) is 0 Å². The van der Waals surface area contributed by atoms with Crippen LogP contribution in [0.1, 0.15) is 10.4 Å². The Morgan fingerprint density at radius 1 is 1.33 bits per heavy atom. The number of benzene rings is 1. The second-order valence-corrected chi connectivity index (χ2v) is 4.37. The minimum atomic E-state index is -0.361. The van der Waals surface area contributed by atoms with Crippen LogP contribution >= 0.6 is 11.6 Å². The Kier molecular flexibility index (Phi) is 4.17. The van der Waals surface area contributed by atoms with Gasteiger partial charge >= 0.3 is 0 Å². The monoisotopic (exact) mass is 268 g/mol. The van der Waals surface area contributed by atoms with Crippen molar-refractivity contribution < 1.29 is 14.3 Å². The molecule has 1 aliphatic heterocycles. The van der Waals surface area contributed by atoms with E-state index < -0.39 is 0 Å². The van der Waals surface area contributed by atoms with E-state index in [2.05, 4.69) is 10.6 Å². The minimum absolute atomic E-state index is 0.0646. The third-order valence-corrected chi connectivity index (χ3v) is 2.86. The van der Waals surface area contributed by atoms with Crippen LogP contribution < -0.4 is 10.6 Å². The van der Waals surface area contributed by atoms with Crippen molar-refractivity contribution in [3.05, 3.63) is 34.9 Å². The molecule has 1 aliphatic rings. The summed E-state index contributed by atoms with van der Waals surface area (Å²) in [5.74, 6) is -0.593. The first-order chi connectivity index (χ1) is 8.66. The molecule has 1 aromatic rings. The Labute approximate surface area is 109 Å². The highest BCUT2D eigenvalue weighted by atomic mass is 35.5. The maximum Gasteiger partial charge on any atom is 0.253 e. The number of hydrogen-bond donors (Lipinski definition) is 2. The zero-order valence-corrected chi connectivity index (χ0v) is 10.4. The zero-order chi connectivity index (χ0) is 13.0. The van der Waals surface area contributed by atoms with Crippen molar-refractivity contribution in [3.8, 4) is 0 Å². The van der Waals surface area contributed by atoms with Gasteiger partial charge in [-0.25, -0.2) is 0 Å². The van der Waals surface area contributed by atoms with Gasteiger partial charge < -0.3 is 15.4 Å². The third-order valence-electron chi connectivity index (χ3n) is 2.53. The number of halogens is 1. The molecule has 1 aromatic carbocycles. The molecule has 0 radical (unpaired) electrons. The van der Waals surface area contributed by atoms with E-state index in [0.717, 1.165) is 0 Å². The van der Waals surface area contributed by atoms with Gasteiger partial charge in [0.25, 0.3) is 5.91 Å². The zero-order valence-electron chi connectivity index (χ0n) is 9.61. The number of carbonyl (C=O) groups is 2. The smallest absolute Gasteiger partial charge is 0.253 e. The number of carbonyl (C=O) groups excluding carboxylic acids is 2. The van der Waals surface area contributed by atoms with Crippen LogP contribution in [0.5, 0.6) is 0 Å². The highest BCUT2D eigenvalue weighted by molar-refractivity contribution is 6.33. The molecular weight excluding hydrogens is 256 g/mol. The van der Waals surface area contributed by atoms with Crippen LogP contribution in [-0.2, 0) is 9.53 Å². The summed E-state index contributed by atoms with van der Waals surface area (Å²) in [6.45, 7) is 0.995. The van der Waals surface area contributed by atoms with Gasteiger partial charge in [-0.2, -0.15) is 0 Å². The van der Waals surface area contributed by atoms with Crippen LogP contribution in [0, 0.1) is 0 Å². The molecule has 0 bridgehead atoms. The average molecular weight is 269 g/mol. The number of nitrogens with one attached hydrogen (secondary N) is 2. The fourth-order valence-corrected chi connectivity index (χ4v) is 1.72. The SMILES string of the molecule is O=C(CNC(=O)c1ccccc1Cl)NC1COC1. The number of amides is 2. The standard InChI is InChI=1S/C12H13ClN2O3/c13-10-4-2-1-3-9(10)12(17)14-5-11(16)15-8-6-18-7-8/h1-4,8H,5-7H2,(H,14,17)(H,15,16). The maximum atomic E-state index is 11.7. The van der Waals surface area contributed by atoms with E-state index in [0.29, 0.717) is 23.8 Å². The molecule has 1 saturated heterocycles. The molecule has 2 amide bonds. The van der Waals surface area contributed by atoms with Crippen molar-refractivity contribution in [2.45, 2.75) is 6.04 Å². The van der Waals surface area contributed by atoms with Crippen molar-refractivity contribution in [3.63, 3.8) is 0 Å². The lowest BCUT2D eigenvalue weighted by atomic mass is 10.2. The van der Waals surface area contributed by atoms with E-state index in [1.807, 2.05) is 0 Å². The van der Waals surface area contributed by atoms with Crippen LogP contribution in [0.2, 0.25) is 5.02 Å². The van der Waals surface area contributed by atoms with Gasteiger partial charge in [-0.15, -0.1) is 0 Å². The Morgan fingerprint density at radius 3 is 2.67 bits per heavy atom. The third kappa shape index (κ3) is 3.21. The fraction of sp³-hybridized carbons (Fsp3) is 0.333. The summed E-state index contributed by atoms with van der Waals surface area (Å²) < 4.78 is 4.93. The molecule has 0 saturated carbocycles. The average Bonchev–Trinajstić information content (AvgIpc) is 2.31. The van der Waals surface area contributed by atoms with Crippen LogP contribution in [0.3, 0.4) is 0 Å². The topological polar surface area (TPSA) is 67.4 Å². The largest absolute Gasteiger partial charge is 0.377 e. The molecule has 0 aromatic heterocycles. The predicted molar refractivity (Wildman–Crippen MR) is 66.5 cm³/mol. The summed E-state index contributed by atoms with van der Waals surface area (Å²) in [7, 11) is 0. The second kappa shape index (κ2) is 5.84. The van der Waals surface area contributed by atoms with Gasteiger partial charge in [0.15, 0.2) is 0 Å². The first-order valence-electron chi connectivity index (χ1n) is 5.56. The molecule has 0 aliphatic carbocycles. The van der Waals surface area contributed by atoms with Crippen molar-refractivity contribution in [2.24, 2.45) is 0 Å². The highest BCUT2D eigenvalue weighted by Gasteiger charge is 2.20. The summed E-state index contributed by atoms with van der Waals surface area (Å²) >= 11 is 5.87. The Morgan fingerprint density at radius 2 is 2.06 bits per heavy atom. The quantitative estimate of drug-likeness (QED) is 0.840. The number of hydrogen-bond acceptors (Lipinski definition) is 3. The number of rotatable bonds is 4. The van der Waals surface area contributed by atoms with Crippen LogP contribution in [-0.4, -0.2) is 37.6 Å². The van der Waals surface area contributed by atoms with E-state index >= 15 is 0 Å². The molecular formula is C12H13ClN2O3. The summed E-state index contributed by atoms with van der Waals surface area (Å²) in [6, 6.07) is 6.75. The fourth-order valence-electron chi connectivity index (χ4n) is 1.50. The van der Waals surface area contributed by atoms with Crippen molar-refractivity contribution >= 4 is 23.4 Å². The van der Waals surface area contributed by atoms with Crippen LogP contribution in [0.15, 0.2) is 24.3 Å². The molecule has 6 heteroatoms. The van der Waals surface area contributed by atoms with Gasteiger partial charge in [0.1, 0.15) is 0 Å². The van der Waals surface area contributed by atoms with Gasteiger partial charge in [-0.05, 0) is 12.1 Å². The predicted octanol–water partition coefficient (Wildman–Crippen LogP) is 0.585. The molecule has 0 atom stereocenters. The molecule has 1 heterocycles. The summed E-state index contributed by atoms with van der Waals surface area (Å²) in [5, 5.41) is 5.61. The van der Waals surface area contributed by atoms with Crippen LogP contribution in [0.25, 0.3) is 0 Å². The molecule has 2 rings (SSSR count). The molecule has 5 nitrogen and oxygen atoms in total. The normalized spacial score (nSPS) is 14.7. The molecule has 2 N–H and O–H groups in total. The number of ether oxygens (including phenoxy) is 1. The Balaban J connectivity index is 1.81. The molecule has 1 fully saturated rings. The van der Waals surface area contributed by atoms with E-state index in [-0.39, 0.29) is 24.4 Å². The van der Waals surface area contributed by atoms with Crippen molar-refractivity contribution in [1.82, 2.24) is 10.6 Å². The molecule has 18 heavy (non-hydrogen) atoms. The van der Waals surface area contributed by atoms with E-state index in [4.69, 9.17) is 16.3 Å². The maximum absolute atomic E-state index is 11.7. The van der Waals surface area contributed by atoms with Gasteiger partial charge in [0.05, 0.1) is 36.4 Å². The van der Waals surface area contributed by atoms with Crippen molar-refractivity contribution in [1.29, 1.82) is 0 Å². The first-order valence-corrected chi connectivity index (χ1v) is 5.94. The lowest BCUT2D eigenvalue weighted by Crippen LogP contribution is -2.51. The summed E-state index contributed by atoms with van der Waals surface area (Å²) in [5.41, 5.74) is 0.360. The van der Waals surface area contributed by atoms with Crippen LogP contribution in [0.4, 0.5) is 0 Å². The molecule has 0 unspecified atom stereocenters. The Hall–Kier alpha value is -1.59. The Bertz CT molecular complexity index is 460.